The molecule has 2 nitrogen and oxygen atoms in total. The lowest BCUT2D eigenvalue weighted by molar-refractivity contribution is -0.00643. The average molecular weight is 323 g/mol. The Hall–Kier alpha value is -1.64. The second-order valence-corrected chi connectivity index (χ2v) is 7.34. The predicted molar refractivity (Wildman–Crippen MR) is 101 cm³/mol. The molecule has 1 fully saturated rings. The van der Waals surface area contributed by atoms with Crippen LogP contribution in [0, 0.1) is 27.7 Å². The highest BCUT2D eigenvalue weighted by Gasteiger charge is 2.44. The molecule has 0 bridgehead atoms. The lowest BCUT2D eigenvalue weighted by Crippen LogP contribution is -2.48. The Morgan fingerprint density at radius 1 is 0.833 bits per heavy atom. The van der Waals surface area contributed by atoms with Crippen molar-refractivity contribution >= 4 is 0 Å². The Kier molecular flexibility index (Phi) is 4.80. The van der Waals surface area contributed by atoms with Gasteiger partial charge in [-0.15, -0.1) is 0 Å². The summed E-state index contributed by atoms with van der Waals surface area (Å²) in [6, 6.07) is 13.9. The van der Waals surface area contributed by atoms with E-state index in [-0.39, 0.29) is 0 Å². The number of nitrogens with one attached hydrogen (secondary N) is 1. The van der Waals surface area contributed by atoms with Crippen LogP contribution < -0.4 is 5.32 Å². The van der Waals surface area contributed by atoms with Gasteiger partial charge >= 0.3 is 0 Å². The number of hydrogen-bond donors (Lipinski definition) is 1. The van der Waals surface area contributed by atoms with Crippen LogP contribution in [0.25, 0.3) is 0 Å². The van der Waals surface area contributed by atoms with Gasteiger partial charge in [-0.2, -0.15) is 0 Å². The van der Waals surface area contributed by atoms with Gasteiger partial charge in [0, 0.05) is 13.2 Å². The molecule has 2 aromatic carbocycles. The van der Waals surface area contributed by atoms with E-state index in [0.717, 1.165) is 13.0 Å². The van der Waals surface area contributed by atoms with Gasteiger partial charge in [-0.25, -0.2) is 0 Å². The minimum atomic E-state index is -0.440. The van der Waals surface area contributed by atoms with Crippen molar-refractivity contribution in [2.45, 2.75) is 52.2 Å². The third kappa shape index (κ3) is 3.01. The zero-order chi connectivity index (χ0) is 17.3. The summed E-state index contributed by atoms with van der Waals surface area (Å²) in [5.74, 6) is 0. The number of aryl methyl sites for hydroxylation is 4. The van der Waals surface area contributed by atoms with Crippen molar-refractivity contribution in [2.24, 2.45) is 0 Å². The van der Waals surface area contributed by atoms with Crippen molar-refractivity contribution in [3.05, 3.63) is 69.8 Å². The van der Waals surface area contributed by atoms with Crippen LogP contribution in [0.15, 0.2) is 36.4 Å². The molecule has 1 atom stereocenters. The van der Waals surface area contributed by atoms with Gasteiger partial charge in [-0.1, -0.05) is 58.7 Å². The van der Waals surface area contributed by atoms with Gasteiger partial charge in [-0.05, 0) is 58.2 Å². The fraction of sp³-hybridized carbons (Fsp3) is 0.455. The van der Waals surface area contributed by atoms with Crippen LogP contribution in [-0.4, -0.2) is 19.7 Å². The van der Waals surface area contributed by atoms with E-state index in [4.69, 9.17) is 4.74 Å². The van der Waals surface area contributed by atoms with Crippen molar-refractivity contribution in [3.63, 3.8) is 0 Å². The molecular weight excluding hydrogens is 294 g/mol. The van der Waals surface area contributed by atoms with E-state index in [0.29, 0.717) is 6.04 Å². The first kappa shape index (κ1) is 17.2. The van der Waals surface area contributed by atoms with Crippen molar-refractivity contribution in [2.75, 3.05) is 13.7 Å². The van der Waals surface area contributed by atoms with E-state index >= 15 is 0 Å². The molecule has 0 aliphatic carbocycles. The molecule has 1 N–H and O–H groups in total. The van der Waals surface area contributed by atoms with Crippen LogP contribution in [0.4, 0.5) is 0 Å². The van der Waals surface area contributed by atoms with E-state index < -0.39 is 5.60 Å². The summed E-state index contributed by atoms with van der Waals surface area (Å²) in [6.45, 7) is 9.73. The lowest BCUT2D eigenvalue weighted by Gasteiger charge is -2.40. The monoisotopic (exact) mass is 323 g/mol. The first-order valence-electron chi connectivity index (χ1n) is 8.92. The minimum absolute atomic E-state index is 0.296. The molecule has 0 unspecified atom stereocenters. The lowest BCUT2D eigenvalue weighted by atomic mass is 9.77. The van der Waals surface area contributed by atoms with Gasteiger partial charge < -0.3 is 10.1 Å². The maximum atomic E-state index is 6.35. The summed E-state index contributed by atoms with van der Waals surface area (Å²) in [6.07, 6.45) is 2.33. The molecule has 2 heteroatoms. The summed E-state index contributed by atoms with van der Waals surface area (Å²) >= 11 is 0. The number of rotatable bonds is 4. The molecule has 1 aliphatic rings. The van der Waals surface area contributed by atoms with Crippen molar-refractivity contribution < 1.29 is 4.74 Å². The molecule has 0 spiro atoms. The maximum absolute atomic E-state index is 6.35. The van der Waals surface area contributed by atoms with Crippen LogP contribution in [0.3, 0.4) is 0 Å². The number of benzene rings is 2. The normalized spacial score (nSPS) is 18.1. The first-order chi connectivity index (χ1) is 11.5. The van der Waals surface area contributed by atoms with Crippen LogP contribution in [0.5, 0.6) is 0 Å². The highest BCUT2D eigenvalue weighted by molar-refractivity contribution is 5.45. The summed E-state index contributed by atoms with van der Waals surface area (Å²) in [5.41, 5.74) is 7.22. The van der Waals surface area contributed by atoms with Crippen LogP contribution in [0.2, 0.25) is 0 Å². The second kappa shape index (κ2) is 6.70. The van der Waals surface area contributed by atoms with Crippen LogP contribution >= 0.6 is 0 Å². The average Bonchev–Trinajstić information content (AvgIpc) is 3.01. The maximum Gasteiger partial charge on any atom is 0.133 e. The predicted octanol–water partition coefficient (Wildman–Crippen LogP) is 4.56. The topological polar surface area (TPSA) is 21.3 Å². The van der Waals surface area contributed by atoms with Crippen molar-refractivity contribution in [1.82, 2.24) is 5.32 Å². The molecule has 1 heterocycles. The Balaban J connectivity index is 2.26. The smallest absolute Gasteiger partial charge is 0.133 e. The summed E-state index contributed by atoms with van der Waals surface area (Å²) in [4.78, 5) is 0. The molecule has 0 radical (unpaired) electrons. The van der Waals surface area contributed by atoms with Crippen molar-refractivity contribution in [3.8, 4) is 0 Å². The van der Waals surface area contributed by atoms with Crippen LogP contribution in [0.1, 0.15) is 46.2 Å². The largest absolute Gasteiger partial charge is 0.367 e. The van der Waals surface area contributed by atoms with E-state index in [1.54, 1.807) is 0 Å². The molecule has 2 aromatic rings. The molecule has 128 valence electrons. The first-order valence-corrected chi connectivity index (χ1v) is 8.92. The van der Waals surface area contributed by atoms with E-state index in [2.05, 4.69) is 69.4 Å². The van der Waals surface area contributed by atoms with E-state index in [1.807, 2.05) is 7.11 Å². The number of hydrogen-bond acceptors (Lipinski definition) is 2. The Bertz CT molecular complexity index is 637. The number of methoxy groups -OCH3 is 1. The fourth-order valence-corrected chi connectivity index (χ4v) is 4.36. The molecule has 0 aromatic heterocycles. The highest BCUT2D eigenvalue weighted by atomic mass is 16.5. The molecule has 0 amide bonds. The van der Waals surface area contributed by atoms with Gasteiger partial charge in [0.2, 0.25) is 0 Å². The molecular formula is C22H29NO. The fourth-order valence-electron chi connectivity index (χ4n) is 4.36. The van der Waals surface area contributed by atoms with Gasteiger partial charge in [0.15, 0.2) is 0 Å². The summed E-state index contributed by atoms with van der Waals surface area (Å²) < 4.78 is 6.35. The molecule has 1 saturated heterocycles. The molecule has 0 saturated carbocycles. The summed E-state index contributed by atoms with van der Waals surface area (Å²) in [7, 11) is 1.86. The van der Waals surface area contributed by atoms with Crippen molar-refractivity contribution in [1.29, 1.82) is 0 Å². The third-order valence-electron chi connectivity index (χ3n) is 5.17. The number of ether oxygens (including phenoxy) is 1. The van der Waals surface area contributed by atoms with E-state index in [1.165, 1.54) is 39.8 Å². The molecule has 24 heavy (non-hydrogen) atoms. The Labute approximate surface area is 146 Å². The minimum Gasteiger partial charge on any atom is -0.367 e. The SMILES string of the molecule is COC(c1cc(C)cc(C)c1)(c1cc(C)cc(C)c1)[C@@H]1CCCN1. The van der Waals surface area contributed by atoms with Gasteiger partial charge in [-0.3, -0.25) is 0 Å². The van der Waals surface area contributed by atoms with Gasteiger partial charge in [0.25, 0.3) is 0 Å². The third-order valence-corrected chi connectivity index (χ3v) is 5.17. The Morgan fingerprint density at radius 3 is 1.62 bits per heavy atom. The zero-order valence-electron chi connectivity index (χ0n) is 15.6. The Morgan fingerprint density at radius 2 is 1.29 bits per heavy atom. The standard InChI is InChI=1S/C22H29NO/c1-15-9-16(2)12-19(11-15)22(24-5,21-7-6-8-23-21)20-13-17(3)10-18(4)14-20/h9-14,21,23H,6-8H2,1-5H3/t21-/m0/s1. The van der Waals surface area contributed by atoms with Gasteiger partial charge in [0.05, 0.1) is 0 Å². The highest BCUT2D eigenvalue weighted by Crippen LogP contribution is 2.41. The quantitative estimate of drug-likeness (QED) is 0.890. The van der Waals surface area contributed by atoms with Crippen LogP contribution in [-0.2, 0) is 10.3 Å². The molecule has 3 rings (SSSR count). The van der Waals surface area contributed by atoms with E-state index in [9.17, 15) is 0 Å². The summed E-state index contributed by atoms with van der Waals surface area (Å²) in [5, 5.41) is 3.70. The van der Waals surface area contributed by atoms with Gasteiger partial charge in [0.1, 0.15) is 5.60 Å². The second-order valence-electron chi connectivity index (χ2n) is 7.34. The molecule has 1 aliphatic heterocycles. The zero-order valence-corrected chi connectivity index (χ0v) is 15.6.